The van der Waals surface area contributed by atoms with E-state index >= 15 is 0 Å². The second-order valence-corrected chi connectivity index (χ2v) is 6.22. The third-order valence-corrected chi connectivity index (χ3v) is 4.19. The van der Waals surface area contributed by atoms with Crippen molar-refractivity contribution in [2.24, 2.45) is 0 Å². The quantitative estimate of drug-likeness (QED) is 0.178. The van der Waals surface area contributed by atoms with Gasteiger partial charge in [0, 0.05) is 22.4 Å². The van der Waals surface area contributed by atoms with E-state index in [-0.39, 0.29) is 5.56 Å². The van der Waals surface area contributed by atoms with Crippen molar-refractivity contribution in [1.82, 2.24) is 10.8 Å². The number of anilines is 1. The molecule has 0 aromatic heterocycles. The van der Waals surface area contributed by atoms with Crippen molar-refractivity contribution in [3.8, 4) is 11.8 Å². The molecule has 2 rings (SSSR count). The van der Waals surface area contributed by atoms with Crippen LogP contribution < -0.4 is 16.5 Å². The van der Waals surface area contributed by atoms with Crippen molar-refractivity contribution in [3.05, 3.63) is 78.4 Å². The number of aliphatic hydroxyl groups is 1. The van der Waals surface area contributed by atoms with Gasteiger partial charge in [-0.2, -0.15) is 0 Å². The van der Waals surface area contributed by atoms with Crippen molar-refractivity contribution in [2.45, 2.75) is 25.5 Å². The van der Waals surface area contributed by atoms with Crippen LogP contribution in [0.15, 0.2) is 61.7 Å². The highest BCUT2D eigenvalue weighted by atomic mass is 16.5. The molecule has 0 spiro atoms. The number of rotatable bonds is 4. The smallest absolute Gasteiger partial charge is 0.271 e. The molecule has 0 aliphatic heterocycles. The maximum absolute atomic E-state index is 12.4. The number of hydrogen-bond donors (Lipinski definition) is 5. The molecule has 7 heteroatoms. The molecule has 2 aromatic rings. The summed E-state index contributed by atoms with van der Waals surface area (Å²) in [6, 6.07) is 13.6. The Morgan fingerprint density at radius 1 is 1.03 bits per heavy atom. The lowest BCUT2D eigenvalue weighted by atomic mass is 9.94. The zero-order valence-corrected chi connectivity index (χ0v) is 16.4. The molecule has 0 saturated heterocycles. The Hall–Kier alpha value is -3.60. The fourth-order valence-corrected chi connectivity index (χ4v) is 2.19. The number of benzene rings is 2. The van der Waals surface area contributed by atoms with Crippen LogP contribution in [0.25, 0.3) is 0 Å². The van der Waals surface area contributed by atoms with Gasteiger partial charge in [0.1, 0.15) is 5.54 Å². The first kappa shape index (κ1) is 23.4. The van der Waals surface area contributed by atoms with Gasteiger partial charge in [0.05, 0.1) is 6.10 Å². The second-order valence-electron chi connectivity index (χ2n) is 6.22. The molecule has 152 valence electrons. The van der Waals surface area contributed by atoms with Crippen molar-refractivity contribution in [1.29, 1.82) is 0 Å². The van der Waals surface area contributed by atoms with Gasteiger partial charge in [-0.05, 0) is 62.4 Å². The first-order chi connectivity index (χ1) is 13.8. The minimum absolute atomic E-state index is 0.283. The van der Waals surface area contributed by atoms with Crippen molar-refractivity contribution < 1.29 is 19.9 Å². The van der Waals surface area contributed by atoms with Gasteiger partial charge in [0.2, 0.25) is 0 Å². The van der Waals surface area contributed by atoms with Crippen LogP contribution in [0, 0.1) is 11.8 Å². The van der Waals surface area contributed by atoms with Gasteiger partial charge in [-0.1, -0.05) is 11.8 Å². The van der Waals surface area contributed by atoms with Gasteiger partial charge < -0.3 is 16.2 Å². The van der Waals surface area contributed by atoms with E-state index in [1.165, 1.54) is 19.3 Å². The minimum Gasteiger partial charge on any atom is -0.399 e. The van der Waals surface area contributed by atoms with Crippen LogP contribution in [-0.4, -0.2) is 33.8 Å². The Morgan fingerprint density at radius 2 is 1.48 bits per heavy atom. The van der Waals surface area contributed by atoms with E-state index in [9.17, 15) is 14.7 Å². The molecule has 0 radical (unpaired) electrons. The summed E-state index contributed by atoms with van der Waals surface area (Å²) < 4.78 is 0. The summed E-state index contributed by atoms with van der Waals surface area (Å²) in [7, 11) is 0. The number of nitrogens with one attached hydrogen (secondary N) is 2. The predicted molar refractivity (Wildman–Crippen MR) is 112 cm³/mol. The number of nitrogen functional groups attached to an aromatic ring is 1. The molecule has 0 unspecified atom stereocenters. The van der Waals surface area contributed by atoms with E-state index in [0.717, 1.165) is 5.56 Å². The highest BCUT2D eigenvalue weighted by Gasteiger charge is 2.39. The summed E-state index contributed by atoms with van der Waals surface area (Å²) in [5, 5.41) is 21.1. The van der Waals surface area contributed by atoms with Crippen LogP contribution in [0.2, 0.25) is 0 Å². The number of hydrogen-bond acceptors (Lipinski definition) is 5. The Balaban J connectivity index is 0.00000204. The Labute approximate surface area is 170 Å². The third kappa shape index (κ3) is 6.21. The lowest BCUT2D eigenvalue weighted by Gasteiger charge is -2.31. The number of aliphatic hydroxyl groups excluding tert-OH is 1. The van der Waals surface area contributed by atoms with E-state index < -0.39 is 23.5 Å². The van der Waals surface area contributed by atoms with Crippen LogP contribution in [-0.2, 0) is 4.79 Å². The molecule has 2 aromatic carbocycles. The van der Waals surface area contributed by atoms with Gasteiger partial charge in [-0.3, -0.25) is 14.8 Å². The zero-order chi connectivity index (χ0) is 22.0. The molecule has 0 heterocycles. The maximum atomic E-state index is 12.4. The molecule has 0 aliphatic carbocycles. The van der Waals surface area contributed by atoms with Crippen molar-refractivity contribution >= 4 is 17.5 Å². The number of amides is 2. The van der Waals surface area contributed by atoms with Crippen LogP contribution in [0.4, 0.5) is 5.69 Å². The molecule has 2 amide bonds. The van der Waals surface area contributed by atoms with Crippen molar-refractivity contribution in [2.75, 3.05) is 5.73 Å². The Morgan fingerprint density at radius 3 is 1.90 bits per heavy atom. The average molecular weight is 395 g/mol. The fraction of sp³-hybridized carbons (Fsp3) is 0.182. The first-order valence-electron chi connectivity index (χ1n) is 8.69. The molecule has 6 N–H and O–H groups in total. The van der Waals surface area contributed by atoms with Crippen LogP contribution in [0.1, 0.15) is 35.3 Å². The zero-order valence-electron chi connectivity index (χ0n) is 16.4. The third-order valence-electron chi connectivity index (χ3n) is 4.19. The molecule has 0 saturated carbocycles. The lowest BCUT2D eigenvalue weighted by Crippen LogP contribution is -2.62. The van der Waals surface area contributed by atoms with Crippen LogP contribution in [0.3, 0.4) is 0 Å². The molecule has 2 atom stereocenters. The summed E-state index contributed by atoms with van der Waals surface area (Å²) in [4.78, 5) is 24.2. The predicted octanol–water partition coefficient (Wildman–Crippen LogP) is 1.85. The standard InChI is InChI=1S/C20H21N3O4.C2H4/c1-13(24)20(2,19(26)23-27)22-18(25)16-9-5-14(6-10-16)3-4-15-7-11-17(21)12-8-15;1-2/h5-13,24,27H,21H2,1-2H3,(H,22,25)(H,23,26);1-2H2/t13-,20+;/m1./s1. The number of carbonyl (C=O) groups excluding carboxylic acids is 2. The summed E-state index contributed by atoms with van der Waals surface area (Å²) in [5.41, 5.74) is 7.86. The molecule has 7 nitrogen and oxygen atoms in total. The molecule has 0 fully saturated rings. The Kier molecular flexibility index (Phi) is 8.62. The SMILES string of the molecule is C=C.C[C@@H](O)[C@](C)(NC(=O)c1ccc(C#Cc2ccc(N)cc2)cc1)C(=O)NO. The molecular weight excluding hydrogens is 370 g/mol. The average Bonchev–Trinajstić information content (AvgIpc) is 2.74. The van der Waals surface area contributed by atoms with Gasteiger partial charge in [-0.25, -0.2) is 5.48 Å². The molecular formula is C22H25N3O4. The summed E-state index contributed by atoms with van der Waals surface area (Å²) in [5.74, 6) is 4.48. The molecule has 0 bridgehead atoms. The lowest BCUT2D eigenvalue weighted by molar-refractivity contribution is -0.139. The summed E-state index contributed by atoms with van der Waals surface area (Å²) in [6.07, 6.45) is -1.22. The molecule has 29 heavy (non-hydrogen) atoms. The maximum Gasteiger partial charge on any atom is 0.271 e. The first-order valence-corrected chi connectivity index (χ1v) is 8.69. The normalized spacial score (nSPS) is 12.7. The summed E-state index contributed by atoms with van der Waals surface area (Å²) in [6.45, 7) is 8.65. The highest BCUT2D eigenvalue weighted by molar-refractivity contribution is 5.99. The summed E-state index contributed by atoms with van der Waals surface area (Å²) >= 11 is 0. The fourth-order valence-electron chi connectivity index (χ4n) is 2.19. The topological polar surface area (TPSA) is 125 Å². The van der Waals surface area contributed by atoms with E-state index in [1.54, 1.807) is 36.4 Å². The van der Waals surface area contributed by atoms with Gasteiger partial charge >= 0.3 is 0 Å². The minimum atomic E-state index is -1.68. The van der Waals surface area contributed by atoms with E-state index in [0.29, 0.717) is 11.3 Å². The van der Waals surface area contributed by atoms with E-state index in [2.05, 4.69) is 30.3 Å². The largest absolute Gasteiger partial charge is 0.399 e. The van der Waals surface area contributed by atoms with Crippen LogP contribution >= 0.6 is 0 Å². The number of nitrogens with two attached hydrogens (primary N) is 1. The van der Waals surface area contributed by atoms with Crippen LogP contribution in [0.5, 0.6) is 0 Å². The molecule has 0 aliphatic rings. The Bertz CT molecular complexity index is 896. The van der Waals surface area contributed by atoms with Crippen molar-refractivity contribution in [3.63, 3.8) is 0 Å². The monoisotopic (exact) mass is 395 g/mol. The van der Waals surface area contributed by atoms with E-state index in [4.69, 9.17) is 10.9 Å². The second kappa shape index (κ2) is 10.7. The van der Waals surface area contributed by atoms with E-state index in [1.807, 2.05) is 12.1 Å². The van der Waals surface area contributed by atoms with Gasteiger partial charge in [0.25, 0.3) is 11.8 Å². The highest BCUT2D eigenvalue weighted by Crippen LogP contribution is 2.13. The number of hydroxylamine groups is 1. The van der Waals surface area contributed by atoms with Gasteiger partial charge in [-0.15, -0.1) is 13.2 Å². The van der Waals surface area contributed by atoms with Gasteiger partial charge in [0.15, 0.2) is 0 Å². The number of carbonyl (C=O) groups is 2.